The molecule has 0 atom stereocenters. The SMILES string of the molecule is CCc1cc(F)c(OC)c(CCCC(=O)O)c1. The van der Waals surface area contributed by atoms with Gasteiger partial charge in [0.15, 0.2) is 11.6 Å². The first-order valence-electron chi connectivity index (χ1n) is 5.65. The van der Waals surface area contributed by atoms with Crippen molar-refractivity contribution in [1.82, 2.24) is 0 Å². The van der Waals surface area contributed by atoms with E-state index in [9.17, 15) is 9.18 Å². The Labute approximate surface area is 100 Å². The summed E-state index contributed by atoms with van der Waals surface area (Å²) in [6.07, 6.45) is 1.83. The fourth-order valence-electron chi connectivity index (χ4n) is 1.76. The fourth-order valence-corrected chi connectivity index (χ4v) is 1.76. The largest absolute Gasteiger partial charge is 0.493 e. The third-order valence-electron chi connectivity index (χ3n) is 2.63. The van der Waals surface area contributed by atoms with Gasteiger partial charge in [-0.15, -0.1) is 0 Å². The molecule has 0 amide bonds. The van der Waals surface area contributed by atoms with E-state index in [1.165, 1.54) is 13.2 Å². The molecule has 0 radical (unpaired) electrons. The van der Waals surface area contributed by atoms with Crippen LogP contribution in [0, 0.1) is 5.82 Å². The second-order valence-corrected chi connectivity index (χ2v) is 3.87. The summed E-state index contributed by atoms with van der Waals surface area (Å²) in [5, 5.41) is 8.57. The summed E-state index contributed by atoms with van der Waals surface area (Å²) < 4.78 is 18.7. The summed E-state index contributed by atoms with van der Waals surface area (Å²) in [4.78, 5) is 10.4. The molecular weight excluding hydrogens is 223 g/mol. The maximum Gasteiger partial charge on any atom is 0.303 e. The molecule has 4 heteroatoms. The van der Waals surface area contributed by atoms with E-state index in [1.54, 1.807) is 0 Å². The number of rotatable bonds is 6. The Morgan fingerprint density at radius 1 is 1.47 bits per heavy atom. The predicted octanol–water partition coefficient (Wildman–Crippen LogP) is 2.80. The number of hydrogen-bond donors (Lipinski definition) is 1. The van der Waals surface area contributed by atoms with E-state index in [0.717, 1.165) is 17.5 Å². The van der Waals surface area contributed by atoms with Crippen molar-refractivity contribution in [2.24, 2.45) is 0 Å². The predicted molar refractivity (Wildman–Crippen MR) is 62.9 cm³/mol. The summed E-state index contributed by atoms with van der Waals surface area (Å²) in [6, 6.07) is 3.34. The molecule has 0 bridgehead atoms. The monoisotopic (exact) mass is 240 g/mol. The number of ether oxygens (including phenoxy) is 1. The van der Waals surface area contributed by atoms with Crippen LogP contribution in [0.25, 0.3) is 0 Å². The van der Waals surface area contributed by atoms with Crippen LogP contribution in [0.5, 0.6) is 5.75 Å². The Hall–Kier alpha value is -1.58. The van der Waals surface area contributed by atoms with Crippen molar-refractivity contribution >= 4 is 5.97 Å². The van der Waals surface area contributed by atoms with E-state index >= 15 is 0 Å². The third kappa shape index (κ3) is 3.73. The normalized spacial score (nSPS) is 10.3. The Bertz CT molecular complexity index is 402. The molecule has 0 aromatic heterocycles. The molecule has 0 aliphatic rings. The molecule has 0 unspecified atom stereocenters. The molecule has 0 saturated heterocycles. The van der Waals surface area contributed by atoms with Gasteiger partial charge in [-0.2, -0.15) is 0 Å². The fraction of sp³-hybridized carbons (Fsp3) is 0.462. The van der Waals surface area contributed by atoms with Crippen LogP contribution >= 0.6 is 0 Å². The van der Waals surface area contributed by atoms with Crippen molar-refractivity contribution < 1.29 is 19.0 Å². The number of carbonyl (C=O) groups is 1. The number of methoxy groups -OCH3 is 1. The molecule has 94 valence electrons. The van der Waals surface area contributed by atoms with Gasteiger partial charge >= 0.3 is 5.97 Å². The van der Waals surface area contributed by atoms with Gasteiger partial charge in [-0.3, -0.25) is 4.79 Å². The van der Waals surface area contributed by atoms with Gasteiger partial charge in [-0.1, -0.05) is 13.0 Å². The summed E-state index contributed by atoms with van der Waals surface area (Å²) in [7, 11) is 1.42. The highest BCUT2D eigenvalue weighted by molar-refractivity contribution is 5.66. The molecule has 1 aromatic carbocycles. The average molecular weight is 240 g/mol. The molecule has 3 nitrogen and oxygen atoms in total. The summed E-state index contributed by atoms with van der Waals surface area (Å²) >= 11 is 0. The van der Waals surface area contributed by atoms with Crippen LogP contribution in [-0.4, -0.2) is 18.2 Å². The van der Waals surface area contributed by atoms with Crippen molar-refractivity contribution in [2.45, 2.75) is 32.6 Å². The lowest BCUT2D eigenvalue weighted by Gasteiger charge is -2.11. The lowest BCUT2D eigenvalue weighted by Crippen LogP contribution is -2.00. The Morgan fingerprint density at radius 3 is 2.71 bits per heavy atom. The van der Waals surface area contributed by atoms with E-state index in [2.05, 4.69) is 0 Å². The van der Waals surface area contributed by atoms with Crippen LogP contribution in [0.15, 0.2) is 12.1 Å². The Kier molecular flexibility index (Phi) is 4.94. The molecule has 0 spiro atoms. The van der Waals surface area contributed by atoms with Crippen LogP contribution in [-0.2, 0) is 17.6 Å². The second kappa shape index (κ2) is 6.23. The van der Waals surface area contributed by atoms with Crippen LogP contribution in [0.3, 0.4) is 0 Å². The van der Waals surface area contributed by atoms with Crippen LogP contribution in [0.1, 0.15) is 30.9 Å². The van der Waals surface area contributed by atoms with Gasteiger partial charge in [0.1, 0.15) is 0 Å². The molecule has 1 aromatic rings. The smallest absolute Gasteiger partial charge is 0.303 e. The van der Waals surface area contributed by atoms with Crippen molar-refractivity contribution in [3.05, 3.63) is 29.1 Å². The summed E-state index contributed by atoms with van der Waals surface area (Å²) in [5.41, 5.74) is 1.64. The van der Waals surface area contributed by atoms with Gasteiger partial charge in [0, 0.05) is 6.42 Å². The number of benzene rings is 1. The van der Waals surface area contributed by atoms with Crippen molar-refractivity contribution in [3.63, 3.8) is 0 Å². The Balaban J connectivity index is 2.87. The minimum Gasteiger partial charge on any atom is -0.493 e. The molecule has 0 heterocycles. The first kappa shape index (κ1) is 13.5. The lowest BCUT2D eigenvalue weighted by molar-refractivity contribution is -0.137. The number of carboxylic acids is 1. The van der Waals surface area contributed by atoms with E-state index in [0.29, 0.717) is 12.8 Å². The zero-order chi connectivity index (χ0) is 12.8. The third-order valence-corrected chi connectivity index (χ3v) is 2.63. The molecular formula is C13H17FO3. The number of aryl methyl sites for hydroxylation is 2. The van der Waals surface area contributed by atoms with Gasteiger partial charge in [0.25, 0.3) is 0 Å². The maximum atomic E-state index is 13.6. The van der Waals surface area contributed by atoms with Gasteiger partial charge in [0.05, 0.1) is 7.11 Å². The average Bonchev–Trinajstić information content (AvgIpc) is 2.28. The van der Waals surface area contributed by atoms with E-state index in [-0.39, 0.29) is 18.0 Å². The lowest BCUT2D eigenvalue weighted by atomic mass is 10.0. The molecule has 0 aliphatic heterocycles. The molecule has 1 rings (SSSR count). The van der Waals surface area contributed by atoms with E-state index in [4.69, 9.17) is 9.84 Å². The zero-order valence-electron chi connectivity index (χ0n) is 10.1. The standard InChI is InChI=1S/C13H17FO3/c1-3-9-7-10(5-4-6-12(15)16)13(17-2)11(14)8-9/h7-8H,3-6H2,1-2H3,(H,15,16). The summed E-state index contributed by atoms with van der Waals surface area (Å²) in [6.45, 7) is 1.95. The highest BCUT2D eigenvalue weighted by atomic mass is 19.1. The first-order valence-corrected chi connectivity index (χ1v) is 5.65. The van der Waals surface area contributed by atoms with Gasteiger partial charge in [0.2, 0.25) is 0 Å². The van der Waals surface area contributed by atoms with Gasteiger partial charge < -0.3 is 9.84 Å². The maximum absolute atomic E-state index is 13.6. The molecule has 1 N–H and O–H groups in total. The van der Waals surface area contributed by atoms with Crippen LogP contribution in [0.2, 0.25) is 0 Å². The minimum atomic E-state index is -0.837. The minimum absolute atomic E-state index is 0.0845. The quantitative estimate of drug-likeness (QED) is 0.831. The molecule has 17 heavy (non-hydrogen) atoms. The number of carboxylic acid groups (broad SMARTS) is 1. The second-order valence-electron chi connectivity index (χ2n) is 3.87. The zero-order valence-corrected chi connectivity index (χ0v) is 10.1. The number of aliphatic carboxylic acids is 1. The van der Waals surface area contributed by atoms with Crippen molar-refractivity contribution in [2.75, 3.05) is 7.11 Å². The molecule has 0 fully saturated rings. The highest BCUT2D eigenvalue weighted by Crippen LogP contribution is 2.26. The summed E-state index contributed by atoms with van der Waals surface area (Å²) in [5.74, 6) is -0.985. The molecule has 0 saturated carbocycles. The van der Waals surface area contributed by atoms with Gasteiger partial charge in [-0.25, -0.2) is 4.39 Å². The topological polar surface area (TPSA) is 46.5 Å². The van der Waals surface area contributed by atoms with Crippen LogP contribution < -0.4 is 4.74 Å². The molecule has 0 aliphatic carbocycles. The van der Waals surface area contributed by atoms with E-state index < -0.39 is 5.97 Å². The number of hydrogen-bond acceptors (Lipinski definition) is 2. The van der Waals surface area contributed by atoms with Crippen molar-refractivity contribution in [3.8, 4) is 5.75 Å². The number of halogens is 1. The Morgan fingerprint density at radius 2 is 2.18 bits per heavy atom. The van der Waals surface area contributed by atoms with Gasteiger partial charge in [-0.05, 0) is 36.5 Å². The first-order chi connectivity index (χ1) is 8.08. The highest BCUT2D eigenvalue weighted by Gasteiger charge is 2.11. The van der Waals surface area contributed by atoms with Crippen molar-refractivity contribution in [1.29, 1.82) is 0 Å². The van der Waals surface area contributed by atoms with E-state index in [1.807, 2.05) is 13.0 Å². The van der Waals surface area contributed by atoms with Crippen LogP contribution in [0.4, 0.5) is 4.39 Å².